The quantitative estimate of drug-likeness (QED) is 0.324. The SMILES string of the molecule is CC1=C(C(=O)OCCOc2ccccc2)C(c2ccc([N+](=O)[O-])cc2)NC(=O)N1C. The number of hydrogen-bond acceptors (Lipinski definition) is 6. The molecular weight excluding hydrogens is 390 g/mol. The van der Waals surface area contributed by atoms with Crippen molar-refractivity contribution in [3.05, 3.63) is 81.5 Å². The number of esters is 1. The summed E-state index contributed by atoms with van der Waals surface area (Å²) in [5, 5.41) is 13.6. The minimum absolute atomic E-state index is 0.0230. The molecule has 0 saturated carbocycles. The van der Waals surface area contributed by atoms with Crippen molar-refractivity contribution in [1.82, 2.24) is 10.2 Å². The van der Waals surface area contributed by atoms with Gasteiger partial charge in [0.05, 0.1) is 16.5 Å². The highest BCUT2D eigenvalue weighted by molar-refractivity contribution is 5.95. The van der Waals surface area contributed by atoms with Gasteiger partial charge >= 0.3 is 12.0 Å². The minimum atomic E-state index is -0.781. The van der Waals surface area contributed by atoms with Gasteiger partial charge in [-0.05, 0) is 36.8 Å². The van der Waals surface area contributed by atoms with E-state index in [1.807, 2.05) is 18.2 Å². The number of ether oxygens (including phenoxy) is 2. The van der Waals surface area contributed by atoms with E-state index in [9.17, 15) is 19.7 Å². The zero-order chi connectivity index (χ0) is 21.7. The number of amides is 2. The minimum Gasteiger partial charge on any atom is -0.490 e. The second-order valence-corrected chi connectivity index (χ2v) is 6.59. The smallest absolute Gasteiger partial charge is 0.338 e. The summed E-state index contributed by atoms with van der Waals surface area (Å²) in [6.07, 6.45) is 0. The normalized spacial score (nSPS) is 16.1. The maximum atomic E-state index is 12.8. The molecule has 0 bridgehead atoms. The molecule has 9 nitrogen and oxygen atoms in total. The standard InChI is InChI=1S/C21H21N3O6/c1-14-18(20(25)30-13-12-29-17-6-4-3-5-7-17)19(22-21(26)23(14)2)15-8-10-16(11-9-15)24(27)28/h3-11,19H,12-13H2,1-2H3,(H,22,26). The summed E-state index contributed by atoms with van der Waals surface area (Å²) in [5.74, 6) is 0.0664. The van der Waals surface area contributed by atoms with Crippen molar-refractivity contribution in [3.63, 3.8) is 0 Å². The van der Waals surface area contributed by atoms with Gasteiger partial charge in [0, 0.05) is 24.9 Å². The fourth-order valence-electron chi connectivity index (χ4n) is 3.03. The van der Waals surface area contributed by atoms with Gasteiger partial charge in [-0.25, -0.2) is 9.59 Å². The molecule has 0 saturated heterocycles. The summed E-state index contributed by atoms with van der Waals surface area (Å²) >= 11 is 0. The Morgan fingerprint density at radius 3 is 2.43 bits per heavy atom. The van der Waals surface area contributed by atoms with Crippen molar-refractivity contribution in [1.29, 1.82) is 0 Å². The molecule has 9 heteroatoms. The lowest BCUT2D eigenvalue weighted by Crippen LogP contribution is -2.46. The van der Waals surface area contributed by atoms with Crippen LogP contribution in [0.5, 0.6) is 5.75 Å². The molecule has 0 fully saturated rings. The number of hydrogen-bond donors (Lipinski definition) is 1. The lowest BCUT2D eigenvalue weighted by atomic mass is 9.95. The topological polar surface area (TPSA) is 111 Å². The highest BCUT2D eigenvalue weighted by Gasteiger charge is 2.35. The van der Waals surface area contributed by atoms with Crippen molar-refractivity contribution < 1.29 is 24.0 Å². The molecule has 1 aliphatic heterocycles. The first-order valence-electron chi connectivity index (χ1n) is 9.23. The molecule has 156 valence electrons. The fourth-order valence-corrected chi connectivity index (χ4v) is 3.03. The van der Waals surface area contributed by atoms with Crippen LogP contribution < -0.4 is 10.1 Å². The zero-order valence-electron chi connectivity index (χ0n) is 16.5. The molecular formula is C21H21N3O6. The number of para-hydroxylation sites is 1. The summed E-state index contributed by atoms with van der Waals surface area (Å²) in [4.78, 5) is 36.8. The predicted octanol–water partition coefficient (Wildman–Crippen LogP) is 3.19. The highest BCUT2D eigenvalue weighted by atomic mass is 16.6. The van der Waals surface area contributed by atoms with E-state index in [4.69, 9.17) is 9.47 Å². The van der Waals surface area contributed by atoms with Crippen molar-refractivity contribution in [2.75, 3.05) is 20.3 Å². The molecule has 1 atom stereocenters. The number of nitrogens with zero attached hydrogens (tertiary/aromatic N) is 2. The van der Waals surface area contributed by atoms with Gasteiger partial charge < -0.3 is 19.7 Å². The number of nitro groups is 1. The number of rotatable bonds is 7. The molecule has 30 heavy (non-hydrogen) atoms. The van der Waals surface area contributed by atoms with Crippen LogP contribution in [-0.4, -0.2) is 42.1 Å². The Labute approximate surface area is 173 Å². The maximum Gasteiger partial charge on any atom is 0.338 e. The largest absolute Gasteiger partial charge is 0.490 e. The summed E-state index contributed by atoms with van der Waals surface area (Å²) in [7, 11) is 1.54. The Morgan fingerprint density at radius 1 is 1.13 bits per heavy atom. The van der Waals surface area contributed by atoms with E-state index >= 15 is 0 Å². The number of urea groups is 1. The number of carbonyl (C=O) groups is 2. The molecule has 2 amide bonds. The van der Waals surface area contributed by atoms with Crippen LogP contribution in [0.4, 0.5) is 10.5 Å². The van der Waals surface area contributed by atoms with Crippen molar-refractivity contribution in [3.8, 4) is 5.75 Å². The monoisotopic (exact) mass is 411 g/mol. The van der Waals surface area contributed by atoms with Gasteiger partial charge in [0.2, 0.25) is 0 Å². The molecule has 2 aromatic rings. The molecule has 2 aromatic carbocycles. The summed E-state index contributed by atoms with van der Waals surface area (Å²) in [6, 6.07) is 13.6. The lowest BCUT2D eigenvalue weighted by Gasteiger charge is -2.33. The first-order chi connectivity index (χ1) is 14.4. The van der Waals surface area contributed by atoms with E-state index in [-0.39, 0.29) is 30.5 Å². The lowest BCUT2D eigenvalue weighted by molar-refractivity contribution is -0.384. The van der Waals surface area contributed by atoms with Gasteiger partial charge in [0.1, 0.15) is 19.0 Å². The third kappa shape index (κ3) is 4.57. The number of nitrogens with one attached hydrogen (secondary N) is 1. The summed E-state index contributed by atoms with van der Waals surface area (Å²) in [6.45, 7) is 1.84. The highest BCUT2D eigenvalue weighted by Crippen LogP contribution is 2.31. The molecule has 1 N–H and O–H groups in total. The Bertz CT molecular complexity index is 972. The van der Waals surface area contributed by atoms with Crippen molar-refractivity contribution in [2.24, 2.45) is 0 Å². The van der Waals surface area contributed by atoms with Gasteiger partial charge in [0.15, 0.2) is 0 Å². The van der Waals surface area contributed by atoms with E-state index < -0.39 is 16.9 Å². The average molecular weight is 411 g/mol. The molecule has 1 unspecified atom stereocenters. The van der Waals surface area contributed by atoms with Crippen LogP contribution in [0, 0.1) is 10.1 Å². The molecule has 0 spiro atoms. The van der Waals surface area contributed by atoms with Crippen LogP contribution >= 0.6 is 0 Å². The van der Waals surface area contributed by atoms with E-state index in [1.165, 1.54) is 29.2 Å². The average Bonchev–Trinajstić information content (AvgIpc) is 2.75. The van der Waals surface area contributed by atoms with E-state index in [1.54, 1.807) is 26.1 Å². The zero-order valence-corrected chi connectivity index (χ0v) is 16.5. The van der Waals surface area contributed by atoms with Crippen LogP contribution in [-0.2, 0) is 9.53 Å². The molecule has 1 aliphatic rings. The first kappa shape index (κ1) is 20.8. The second-order valence-electron chi connectivity index (χ2n) is 6.59. The molecule has 0 radical (unpaired) electrons. The first-order valence-corrected chi connectivity index (χ1v) is 9.23. The van der Waals surface area contributed by atoms with Crippen molar-refractivity contribution in [2.45, 2.75) is 13.0 Å². The van der Waals surface area contributed by atoms with Crippen LogP contribution in [0.1, 0.15) is 18.5 Å². The second kappa shape index (κ2) is 9.08. The van der Waals surface area contributed by atoms with E-state index in [0.29, 0.717) is 17.0 Å². The number of nitro benzene ring substituents is 1. The summed E-state index contributed by atoms with van der Waals surface area (Å²) in [5.41, 5.74) is 1.15. The summed E-state index contributed by atoms with van der Waals surface area (Å²) < 4.78 is 10.9. The van der Waals surface area contributed by atoms with Crippen LogP contribution in [0.3, 0.4) is 0 Å². The number of benzene rings is 2. The van der Waals surface area contributed by atoms with E-state index in [2.05, 4.69) is 5.32 Å². The molecule has 1 heterocycles. The van der Waals surface area contributed by atoms with Gasteiger partial charge in [-0.2, -0.15) is 0 Å². The Kier molecular flexibility index (Phi) is 6.31. The Morgan fingerprint density at radius 2 is 1.80 bits per heavy atom. The van der Waals surface area contributed by atoms with Crippen LogP contribution in [0.15, 0.2) is 65.9 Å². The van der Waals surface area contributed by atoms with E-state index in [0.717, 1.165) is 0 Å². The molecule has 3 rings (SSSR count). The van der Waals surface area contributed by atoms with Gasteiger partial charge in [-0.1, -0.05) is 18.2 Å². The third-order valence-electron chi connectivity index (χ3n) is 4.74. The van der Waals surface area contributed by atoms with Gasteiger partial charge in [0.25, 0.3) is 5.69 Å². The third-order valence-corrected chi connectivity index (χ3v) is 4.74. The predicted molar refractivity (Wildman–Crippen MR) is 108 cm³/mol. The number of non-ortho nitro benzene ring substituents is 1. The Balaban J connectivity index is 1.74. The molecule has 0 aliphatic carbocycles. The maximum absolute atomic E-state index is 12.8. The fraction of sp³-hybridized carbons (Fsp3) is 0.238. The van der Waals surface area contributed by atoms with Gasteiger partial charge in [-0.3, -0.25) is 10.1 Å². The Hall–Kier alpha value is -3.88. The number of carbonyl (C=O) groups excluding carboxylic acids is 2. The van der Waals surface area contributed by atoms with Gasteiger partial charge in [-0.15, -0.1) is 0 Å². The van der Waals surface area contributed by atoms with Crippen molar-refractivity contribution >= 4 is 17.7 Å². The van der Waals surface area contributed by atoms with Crippen LogP contribution in [0.25, 0.3) is 0 Å². The van der Waals surface area contributed by atoms with Crippen LogP contribution in [0.2, 0.25) is 0 Å². The number of allylic oxidation sites excluding steroid dienone is 1. The molecule has 0 aromatic heterocycles.